The summed E-state index contributed by atoms with van der Waals surface area (Å²) >= 11 is 3.42. The summed E-state index contributed by atoms with van der Waals surface area (Å²) in [5, 5.41) is 0.928. The second kappa shape index (κ2) is 3.00. The average Bonchev–Trinajstić information content (AvgIpc) is 2.08. The molecule has 0 saturated carbocycles. The minimum atomic E-state index is -0.311. The van der Waals surface area contributed by atoms with Gasteiger partial charge in [-0.15, -0.1) is 0 Å². The van der Waals surface area contributed by atoms with Crippen molar-refractivity contribution >= 4 is 26.9 Å². The molecule has 0 spiro atoms. The van der Waals surface area contributed by atoms with Gasteiger partial charge in [0.2, 0.25) is 0 Å². The Kier molecular flexibility index (Phi) is 1.96. The summed E-state index contributed by atoms with van der Waals surface area (Å²) in [7, 11) is 0. The summed E-state index contributed by atoms with van der Waals surface area (Å²) in [4.78, 5) is 10.9. The molecule has 0 atom stereocenters. The third kappa shape index (κ3) is 1.52. The van der Waals surface area contributed by atoms with Gasteiger partial charge in [-0.3, -0.25) is 0 Å². The van der Waals surface area contributed by atoms with Crippen LogP contribution >= 0.6 is 15.9 Å². The molecule has 66 valence electrons. The van der Waals surface area contributed by atoms with Gasteiger partial charge in [-0.1, -0.05) is 15.9 Å². The zero-order chi connectivity index (χ0) is 9.42. The fourth-order valence-electron chi connectivity index (χ4n) is 1.19. The lowest BCUT2D eigenvalue weighted by molar-refractivity contribution is 0.560. The summed E-state index contributed by atoms with van der Waals surface area (Å²) in [6.45, 7) is 1.95. The highest BCUT2D eigenvalue weighted by Gasteiger charge is 2.00. The largest absolute Gasteiger partial charge is 0.423 e. The first-order valence-corrected chi connectivity index (χ1v) is 4.66. The van der Waals surface area contributed by atoms with Crippen LogP contribution in [0, 0.1) is 6.92 Å². The molecule has 1 aromatic heterocycles. The van der Waals surface area contributed by atoms with Crippen LogP contribution in [0.4, 0.5) is 0 Å². The van der Waals surface area contributed by atoms with E-state index < -0.39 is 0 Å². The lowest BCUT2D eigenvalue weighted by Gasteiger charge is -1.99. The minimum Gasteiger partial charge on any atom is -0.423 e. The maximum atomic E-state index is 10.9. The number of fused-ring (bicyclic) bond motifs is 1. The van der Waals surface area contributed by atoms with Crippen LogP contribution in [0.5, 0.6) is 0 Å². The highest BCUT2D eigenvalue weighted by Crippen LogP contribution is 2.22. The molecule has 0 saturated heterocycles. The molecule has 0 aliphatic carbocycles. The fraction of sp³-hybridized carbons (Fsp3) is 0.100. The minimum absolute atomic E-state index is 0.311. The molecule has 13 heavy (non-hydrogen) atoms. The zero-order valence-corrected chi connectivity index (χ0v) is 8.59. The van der Waals surface area contributed by atoms with Crippen LogP contribution in [-0.4, -0.2) is 0 Å². The van der Waals surface area contributed by atoms with E-state index in [1.165, 1.54) is 6.07 Å². The van der Waals surface area contributed by atoms with Crippen molar-refractivity contribution in [1.29, 1.82) is 0 Å². The summed E-state index contributed by atoms with van der Waals surface area (Å²) in [6.07, 6.45) is 0. The zero-order valence-electron chi connectivity index (χ0n) is 7.00. The molecule has 2 aromatic rings. The number of hydrogen-bond acceptors (Lipinski definition) is 2. The number of rotatable bonds is 0. The Morgan fingerprint density at radius 3 is 2.85 bits per heavy atom. The van der Waals surface area contributed by atoms with Crippen LogP contribution in [0.1, 0.15) is 5.56 Å². The molecule has 1 aromatic carbocycles. The number of aryl methyl sites for hydroxylation is 1. The van der Waals surface area contributed by atoms with Crippen molar-refractivity contribution in [3.63, 3.8) is 0 Å². The highest BCUT2D eigenvalue weighted by molar-refractivity contribution is 9.10. The third-order valence-corrected chi connectivity index (χ3v) is 2.75. The molecule has 3 heteroatoms. The Balaban J connectivity index is 2.89. The SMILES string of the molecule is Cc1cc2oc(=O)ccc2cc1Br. The first kappa shape index (κ1) is 8.51. The standard InChI is InChI=1S/C10H7BrO2/c1-6-4-9-7(5-8(6)11)2-3-10(12)13-9/h2-5H,1H3. The van der Waals surface area contributed by atoms with Crippen molar-refractivity contribution in [2.45, 2.75) is 6.92 Å². The maximum absolute atomic E-state index is 10.9. The Labute approximate surface area is 83.3 Å². The van der Waals surface area contributed by atoms with E-state index in [0.717, 1.165) is 15.4 Å². The van der Waals surface area contributed by atoms with Crippen molar-refractivity contribution in [1.82, 2.24) is 0 Å². The van der Waals surface area contributed by atoms with Crippen molar-refractivity contribution in [2.24, 2.45) is 0 Å². The highest BCUT2D eigenvalue weighted by atomic mass is 79.9. The average molecular weight is 239 g/mol. The Morgan fingerprint density at radius 2 is 2.08 bits per heavy atom. The van der Waals surface area contributed by atoms with Gasteiger partial charge in [-0.05, 0) is 30.7 Å². The predicted octanol–water partition coefficient (Wildman–Crippen LogP) is 2.86. The van der Waals surface area contributed by atoms with Crippen LogP contribution in [0.2, 0.25) is 0 Å². The number of benzene rings is 1. The normalized spacial score (nSPS) is 10.6. The molecule has 0 fully saturated rings. The molecule has 0 amide bonds. The molecule has 0 bridgehead atoms. The van der Waals surface area contributed by atoms with Gasteiger partial charge in [-0.2, -0.15) is 0 Å². The molecule has 0 aliphatic rings. The van der Waals surface area contributed by atoms with Gasteiger partial charge in [-0.25, -0.2) is 4.79 Å². The molecule has 2 rings (SSSR count). The van der Waals surface area contributed by atoms with Crippen molar-refractivity contribution in [3.05, 3.63) is 44.7 Å². The molecular formula is C10H7BrO2. The van der Waals surface area contributed by atoms with Crippen molar-refractivity contribution in [2.75, 3.05) is 0 Å². The summed E-state index contributed by atoms with van der Waals surface area (Å²) in [6, 6.07) is 6.96. The Morgan fingerprint density at radius 1 is 1.31 bits per heavy atom. The van der Waals surface area contributed by atoms with E-state index in [1.54, 1.807) is 6.07 Å². The van der Waals surface area contributed by atoms with E-state index in [0.29, 0.717) is 5.58 Å². The third-order valence-electron chi connectivity index (χ3n) is 1.90. The van der Waals surface area contributed by atoms with Gasteiger partial charge in [0.25, 0.3) is 0 Å². The smallest absolute Gasteiger partial charge is 0.336 e. The first-order chi connectivity index (χ1) is 6.16. The number of halogens is 1. The lowest BCUT2D eigenvalue weighted by atomic mass is 10.2. The second-order valence-electron chi connectivity index (χ2n) is 2.89. The molecular weight excluding hydrogens is 232 g/mol. The Hall–Kier alpha value is -1.09. The van der Waals surface area contributed by atoms with Crippen LogP contribution in [0.25, 0.3) is 11.0 Å². The fourth-order valence-corrected chi connectivity index (χ4v) is 1.55. The summed E-state index contributed by atoms with van der Waals surface area (Å²) in [5.74, 6) is 0. The van der Waals surface area contributed by atoms with Gasteiger partial charge in [0.1, 0.15) is 5.58 Å². The van der Waals surface area contributed by atoms with Crippen molar-refractivity contribution in [3.8, 4) is 0 Å². The monoisotopic (exact) mass is 238 g/mol. The summed E-state index contributed by atoms with van der Waals surface area (Å²) < 4.78 is 6.04. The second-order valence-corrected chi connectivity index (χ2v) is 3.75. The van der Waals surface area contributed by atoms with Gasteiger partial charge in [0.05, 0.1) is 0 Å². The van der Waals surface area contributed by atoms with Crippen LogP contribution in [0.3, 0.4) is 0 Å². The number of hydrogen-bond donors (Lipinski definition) is 0. The van der Waals surface area contributed by atoms with E-state index in [2.05, 4.69) is 15.9 Å². The first-order valence-electron chi connectivity index (χ1n) is 3.87. The van der Waals surface area contributed by atoms with E-state index in [9.17, 15) is 4.79 Å². The van der Waals surface area contributed by atoms with Crippen molar-refractivity contribution < 1.29 is 4.42 Å². The van der Waals surface area contributed by atoms with Crippen LogP contribution < -0.4 is 5.63 Å². The Bertz CT molecular complexity index is 514. The van der Waals surface area contributed by atoms with Gasteiger partial charge >= 0.3 is 5.63 Å². The topological polar surface area (TPSA) is 30.2 Å². The maximum Gasteiger partial charge on any atom is 0.336 e. The van der Waals surface area contributed by atoms with Crippen LogP contribution in [-0.2, 0) is 0 Å². The molecule has 0 unspecified atom stereocenters. The predicted molar refractivity (Wildman–Crippen MR) is 54.9 cm³/mol. The molecule has 1 heterocycles. The van der Waals surface area contributed by atoms with E-state index in [-0.39, 0.29) is 5.63 Å². The molecule has 0 radical (unpaired) electrons. The van der Waals surface area contributed by atoms with Gasteiger partial charge < -0.3 is 4.42 Å². The van der Waals surface area contributed by atoms with E-state index >= 15 is 0 Å². The summed E-state index contributed by atoms with van der Waals surface area (Å²) in [5.41, 5.74) is 1.38. The lowest BCUT2D eigenvalue weighted by Crippen LogP contribution is -1.94. The van der Waals surface area contributed by atoms with Gasteiger partial charge in [0, 0.05) is 15.9 Å². The molecule has 0 N–H and O–H groups in total. The quantitative estimate of drug-likeness (QED) is 0.661. The van der Waals surface area contributed by atoms with E-state index in [4.69, 9.17) is 4.42 Å². The van der Waals surface area contributed by atoms with E-state index in [1.807, 2.05) is 19.1 Å². The molecule has 2 nitrogen and oxygen atoms in total. The molecule has 0 aliphatic heterocycles. The van der Waals surface area contributed by atoms with Crippen LogP contribution in [0.15, 0.2) is 37.9 Å². The van der Waals surface area contributed by atoms with Gasteiger partial charge in [0.15, 0.2) is 0 Å².